The highest BCUT2D eigenvalue weighted by atomic mass is 35.5. The number of carbonyl (C=O) groups is 1. The summed E-state index contributed by atoms with van der Waals surface area (Å²) in [5.74, 6) is 1.41. The standard InChI is InChI=1S/C33H33ClFN5O3S/c34-24-6-4-23(27(35)17-24)19-44-20-25-2-1-3-31(37-25)43-26-8-14-39(15-9-26)18-30-38-28-7-5-22(32(41)42)16-29(28)40(30)21-33(10-11-33)12-13-36/h1-7,16-17,26H,8-12,14-15,18-21H2,(H,41,42). The Kier molecular flexibility index (Phi) is 9.08. The smallest absolute Gasteiger partial charge is 0.335 e. The molecule has 3 heterocycles. The van der Waals surface area contributed by atoms with Gasteiger partial charge in [0.05, 0.1) is 34.9 Å². The Morgan fingerprint density at radius 1 is 1.14 bits per heavy atom. The number of rotatable bonds is 12. The summed E-state index contributed by atoms with van der Waals surface area (Å²) in [6.07, 6.45) is 4.22. The Hall–Kier alpha value is -3.65. The number of piperidine rings is 1. The first-order chi connectivity index (χ1) is 21.3. The van der Waals surface area contributed by atoms with E-state index in [1.54, 1.807) is 42.1 Å². The molecule has 1 aliphatic heterocycles. The predicted molar refractivity (Wildman–Crippen MR) is 168 cm³/mol. The minimum atomic E-state index is -0.964. The van der Waals surface area contributed by atoms with Crippen LogP contribution in [-0.4, -0.2) is 49.7 Å². The second-order valence-corrected chi connectivity index (χ2v) is 13.2. The van der Waals surface area contributed by atoms with Crippen LogP contribution in [0.15, 0.2) is 54.6 Å². The molecule has 8 nitrogen and oxygen atoms in total. The molecule has 2 fully saturated rings. The monoisotopic (exact) mass is 633 g/mol. The fraction of sp³-hybridized carbons (Fsp3) is 0.394. The Balaban J connectivity index is 1.06. The molecule has 0 unspecified atom stereocenters. The molecule has 0 atom stereocenters. The summed E-state index contributed by atoms with van der Waals surface area (Å²) in [4.78, 5) is 23.6. The second kappa shape index (κ2) is 13.1. The van der Waals surface area contributed by atoms with Crippen LogP contribution in [0, 0.1) is 22.6 Å². The number of imidazole rings is 1. The van der Waals surface area contributed by atoms with Gasteiger partial charge in [-0.15, -0.1) is 0 Å². The maximum atomic E-state index is 14.1. The van der Waals surface area contributed by atoms with Crippen molar-refractivity contribution in [3.8, 4) is 11.9 Å². The maximum Gasteiger partial charge on any atom is 0.335 e. The van der Waals surface area contributed by atoms with Gasteiger partial charge in [-0.05, 0) is 67.6 Å². The first-order valence-electron chi connectivity index (χ1n) is 14.8. The van der Waals surface area contributed by atoms with Crippen molar-refractivity contribution in [2.45, 2.75) is 62.8 Å². The SMILES string of the molecule is N#CCC1(Cn2c(CN3CCC(Oc4cccc(CSCc5ccc(Cl)cc5F)n4)CC3)nc3ccc(C(=O)O)cc32)CC1. The molecule has 1 saturated carbocycles. The van der Waals surface area contributed by atoms with E-state index in [0.29, 0.717) is 47.5 Å². The van der Waals surface area contributed by atoms with E-state index < -0.39 is 5.97 Å². The molecule has 0 radical (unpaired) electrons. The van der Waals surface area contributed by atoms with Gasteiger partial charge in [0.2, 0.25) is 5.88 Å². The average Bonchev–Trinajstić information content (AvgIpc) is 3.69. The van der Waals surface area contributed by atoms with Gasteiger partial charge >= 0.3 is 5.97 Å². The van der Waals surface area contributed by atoms with Crippen LogP contribution in [0.25, 0.3) is 11.0 Å². The second-order valence-electron chi connectivity index (χ2n) is 11.7. The zero-order valence-electron chi connectivity index (χ0n) is 24.2. The van der Waals surface area contributed by atoms with Crippen molar-refractivity contribution < 1.29 is 19.0 Å². The number of pyridine rings is 1. The van der Waals surface area contributed by atoms with E-state index in [0.717, 1.165) is 61.3 Å². The molecule has 228 valence electrons. The zero-order chi connectivity index (χ0) is 30.7. The number of aromatic carboxylic acids is 1. The van der Waals surface area contributed by atoms with Gasteiger partial charge in [0.15, 0.2) is 0 Å². The Bertz CT molecular complexity index is 1710. The number of nitrogens with zero attached hydrogens (tertiary/aromatic N) is 5. The third-order valence-electron chi connectivity index (χ3n) is 8.47. The minimum Gasteiger partial charge on any atom is -0.478 e. The first kappa shape index (κ1) is 30.4. The largest absolute Gasteiger partial charge is 0.478 e. The van der Waals surface area contributed by atoms with Crippen LogP contribution in [-0.2, 0) is 24.6 Å². The number of aromatic nitrogens is 3. The fourth-order valence-electron chi connectivity index (χ4n) is 5.74. The number of halogens is 2. The lowest BCUT2D eigenvalue weighted by molar-refractivity contribution is 0.0697. The summed E-state index contributed by atoms with van der Waals surface area (Å²) in [5, 5.41) is 19.3. The van der Waals surface area contributed by atoms with Crippen LogP contribution in [0.5, 0.6) is 5.88 Å². The number of nitriles is 1. The molecule has 0 spiro atoms. The van der Waals surface area contributed by atoms with Gasteiger partial charge in [0.1, 0.15) is 17.7 Å². The molecule has 2 aliphatic rings. The lowest BCUT2D eigenvalue weighted by Crippen LogP contribution is -2.38. The van der Waals surface area contributed by atoms with Crippen LogP contribution in [0.2, 0.25) is 5.02 Å². The van der Waals surface area contributed by atoms with Crippen LogP contribution in [0.1, 0.15) is 59.5 Å². The molecular weight excluding hydrogens is 601 g/mol. The minimum absolute atomic E-state index is 0.0483. The number of hydrogen-bond acceptors (Lipinski definition) is 7. The molecule has 1 saturated heterocycles. The molecule has 4 aromatic rings. The van der Waals surface area contributed by atoms with Gasteiger partial charge < -0.3 is 14.4 Å². The third-order valence-corrected chi connectivity index (χ3v) is 9.72. The van der Waals surface area contributed by atoms with E-state index in [4.69, 9.17) is 21.3 Å². The van der Waals surface area contributed by atoms with Crippen molar-refractivity contribution in [3.05, 3.63) is 88.1 Å². The Morgan fingerprint density at radius 2 is 1.95 bits per heavy atom. The van der Waals surface area contributed by atoms with E-state index in [2.05, 4.69) is 20.5 Å². The lowest BCUT2D eigenvalue weighted by Gasteiger charge is -2.32. The number of hydrogen-bond donors (Lipinski definition) is 1. The van der Waals surface area contributed by atoms with Crippen LogP contribution in [0.4, 0.5) is 4.39 Å². The van der Waals surface area contributed by atoms with Gasteiger partial charge in [-0.2, -0.15) is 17.0 Å². The van der Waals surface area contributed by atoms with Gasteiger partial charge in [-0.3, -0.25) is 4.90 Å². The molecule has 0 bridgehead atoms. The lowest BCUT2D eigenvalue weighted by atomic mass is 10.0. The van der Waals surface area contributed by atoms with Crippen molar-refractivity contribution in [2.75, 3.05) is 13.1 Å². The molecule has 2 aromatic carbocycles. The quantitative estimate of drug-likeness (QED) is 0.176. The van der Waals surface area contributed by atoms with Crippen molar-refractivity contribution in [2.24, 2.45) is 5.41 Å². The number of ether oxygens (including phenoxy) is 1. The van der Waals surface area contributed by atoms with E-state index in [1.807, 2.05) is 18.2 Å². The van der Waals surface area contributed by atoms with Crippen molar-refractivity contribution in [1.82, 2.24) is 19.4 Å². The van der Waals surface area contributed by atoms with Crippen molar-refractivity contribution in [1.29, 1.82) is 5.26 Å². The number of carboxylic acids is 1. The third kappa shape index (κ3) is 7.17. The average molecular weight is 634 g/mol. The summed E-state index contributed by atoms with van der Waals surface area (Å²) in [5.41, 5.74) is 3.27. The van der Waals surface area contributed by atoms with Crippen LogP contribution >= 0.6 is 23.4 Å². The van der Waals surface area contributed by atoms with Crippen LogP contribution in [0.3, 0.4) is 0 Å². The normalized spacial score (nSPS) is 16.6. The summed E-state index contributed by atoms with van der Waals surface area (Å²) in [6.45, 7) is 2.98. The van der Waals surface area contributed by atoms with Crippen LogP contribution < -0.4 is 4.74 Å². The van der Waals surface area contributed by atoms with Gasteiger partial charge in [0.25, 0.3) is 0 Å². The maximum absolute atomic E-state index is 14.1. The summed E-state index contributed by atoms with van der Waals surface area (Å²) < 4.78 is 22.5. The molecule has 6 rings (SSSR count). The molecule has 11 heteroatoms. The highest BCUT2D eigenvalue weighted by molar-refractivity contribution is 7.97. The highest BCUT2D eigenvalue weighted by Gasteiger charge is 2.43. The Morgan fingerprint density at radius 3 is 2.68 bits per heavy atom. The number of likely N-dealkylation sites (tertiary alicyclic amines) is 1. The number of fused-ring (bicyclic) bond motifs is 1. The zero-order valence-corrected chi connectivity index (χ0v) is 25.8. The summed E-state index contributed by atoms with van der Waals surface area (Å²) in [6, 6.07) is 17.9. The summed E-state index contributed by atoms with van der Waals surface area (Å²) >= 11 is 7.44. The molecule has 44 heavy (non-hydrogen) atoms. The topological polar surface area (TPSA) is 104 Å². The van der Waals surface area contributed by atoms with Crippen molar-refractivity contribution >= 4 is 40.4 Å². The molecule has 0 amide bonds. The molecule has 1 N–H and O–H groups in total. The van der Waals surface area contributed by atoms with Gasteiger partial charge in [-0.1, -0.05) is 23.7 Å². The highest BCUT2D eigenvalue weighted by Crippen LogP contribution is 2.50. The van der Waals surface area contributed by atoms with Crippen molar-refractivity contribution in [3.63, 3.8) is 0 Å². The molecular formula is C33H33ClFN5O3S. The number of carboxylic acid groups (broad SMARTS) is 1. The molecule has 1 aliphatic carbocycles. The first-order valence-corrected chi connectivity index (χ1v) is 16.3. The van der Waals surface area contributed by atoms with E-state index in [-0.39, 0.29) is 22.9 Å². The van der Waals surface area contributed by atoms with E-state index in [9.17, 15) is 19.6 Å². The van der Waals surface area contributed by atoms with E-state index >= 15 is 0 Å². The fourth-order valence-corrected chi connectivity index (χ4v) is 6.82. The Labute approximate surface area is 264 Å². The van der Waals surface area contributed by atoms with E-state index in [1.165, 1.54) is 6.07 Å². The van der Waals surface area contributed by atoms with Gasteiger partial charge in [-0.25, -0.2) is 19.2 Å². The number of benzene rings is 2. The number of thioether (sulfide) groups is 1. The molecule has 2 aromatic heterocycles. The van der Waals surface area contributed by atoms with Gasteiger partial charge in [0, 0.05) is 54.1 Å². The summed E-state index contributed by atoms with van der Waals surface area (Å²) in [7, 11) is 0. The predicted octanol–water partition coefficient (Wildman–Crippen LogP) is 7.09.